The molecule has 2 rings (SSSR count). The summed E-state index contributed by atoms with van der Waals surface area (Å²) >= 11 is 6.71. The Morgan fingerprint density at radius 2 is 1.71 bits per heavy atom. The van der Waals surface area contributed by atoms with Crippen molar-refractivity contribution >= 4 is 22.9 Å². The molecule has 0 radical (unpaired) electrons. The van der Waals surface area contributed by atoms with Crippen LogP contribution < -0.4 is 0 Å². The molecule has 0 fully saturated rings. The number of hydrogen-bond donors (Lipinski definition) is 1. The summed E-state index contributed by atoms with van der Waals surface area (Å²) in [5.74, 6) is -3.49. The van der Waals surface area contributed by atoms with E-state index < -0.39 is 23.6 Å². The van der Waals surface area contributed by atoms with Crippen molar-refractivity contribution in [3.8, 4) is 0 Å². The SMILES string of the molecule is OC(c1ccc(Cl)s1)c1cc(F)c(F)cc1F. The van der Waals surface area contributed by atoms with Gasteiger partial charge in [0.15, 0.2) is 11.6 Å². The molecule has 1 aromatic heterocycles. The lowest BCUT2D eigenvalue weighted by Crippen LogP contribution is -2.03. The molecule has 1 N–H and O–H groups in total. The highest BCUT2D eigenvalue weighted by atomic mass is 35.5. The maximum absolute atomic E-state index is 13.4. The molecule has 1 nitrogen and oxygen atoms in total. The molecule has 1 atom stereocenters. The number of aliphatic hydroxyl groups excluding tert-OH is 1. The van der Waals surface area contributed by atoms with E-state index in [-0.39, 0.29) is 5.56 Å². The third-order valence-corrected chi connectivity index (χ3v) is 3.48. The number of thiophene rings is 1. The van der Waals surface area contributed by atoms with Crippen LogP contribution in [0.25, 0.3) is 0 Å². The van der Waals surface area contributed by atoms with Gasteiger partial charge in [-0.2, -0.15) is 0 Å². The Labute approximate surface area is 104 Å². The van der Waals surface area contributed by atoms with Gasteiger partial charge in [-0.15, -0.1) is 11.3 Å². The normalized spacial score (nSPS) is 12.8. The van der Waals surface area contributed by atoms with Crippen LogP contribution in [0.1, 0.15) is 16.5 Å². The molecule has 17 heavy (non-hydrogen) atoms. The van der Waals surface area contributed by atoms with E-state index in [1.54, 1.807) is 0 Å². The number of rotatable bonds is 2. The molecule has 0 saturated carbocycles. The Hall–Kier alpha value is -1.04. The molecule has 0 aliphatic heterocycles. The Balaban J connectivity index is 2.43. The molecule has 0 amide bonds. The van der Waals surface area contributed by atoms with Crippen molar-refractivity contribution in [2.24, 2.45) is 0 Å². The number of halogens is 4. The van der Waals surface area contributed by atoms with Gasteiger partial charge in [-0.05, 0) is 18.2 Å². The van der Waals surface area contributed by atoms with Crippen LogP contribution in [-0.2, 0) is 0 Å². The molecule has 90 valence electrons. The zero-order chi connectivity index (χ0) is 12.6. The molecule has 2 aromatic rings. The third-order valence-electron chi connectivity index (χ3n) is 2.20. The zero-order valence-corrected chi connectivity index (χ0v) is 9.83. The molecule has 1 unspecified atom stereocenters. The van der Waals surface area contributed by atoms with Crippen LogP contribution in [0.3, 0.4) is 0 Å². The fourth-order valence-corrected chi connectivity index (χ4v) is 2.44. The highest BCUT2D eigenvalue weighted by Gasteiger charge is 2.19. The first-order chi connectivity index (χ1) is 7.99. The minimum Gasteiger partial charge on any atom is -0.383 e. The summed E-state index contributed by atoms with van der Waals surface area (Å²) in [7, 11) is 0. The second-order valence-corrected chi connectivity index (χ2v) is 5.08. The molecule has 1 aromatic carbocycles. The van der Waals surface area contributed by atoms with Crippen LogP contribution >= 0.6 is 22.9 Å². The maximum atomic E-state index is 13.4. The van der Waals surface area contributed by atoms with E-state index in [9.17, 15) is 18.3 Å². The first-order valence-electron chi connectivity index (χ1n) is 4.57. The van der Waals surface area contributed by atoms with E-state index >= 15 is 0 Å². The van der Waals surface area contributed by atoms with Gasteiger partial charge in [0.25, 0.3) is 0 Å². The van der Waals surface area contributed by atoms with Gasteiger partial charge >= 0.3 is 0 Å². The lowest BCUT2D eigenvalue weighted by Gasteiger charge is -2.10. The standard InChI is InChI=1S/C11H6ClF3OS/c12-10-2-1-9(17-10)11(16)5-3-7(14)8(15)4-6(5)13/h1-4,11,16H. The van der Waals surface area contributed by atoms with Gasteiger partial charge in [-0.1, -0.05) is 11.6 Å². The minimum absolute atomic E-state index is 0.317. The molecule has 0 saturated heterocycles. The summed E-state index contributed by atoms with van der Waals surface area (Å²) in [6.07, 6.45) is -1.36. The van der Waals surface area contributed by atoms with E-state index in [0.717, 1.165) is 11.3 Å². The Kier molecular flexibility index (Phi) is 3.42. The molecule has 0 bridgehead atoms. The Morgan fingerprint density at radius 3 is 2.29 bits per heavy atom. The van der Waals surface area contributed by atoms with Crippen LogP contribution in [0.15, 0.2) is 24.3 Å². The average molecular weight is 279 g/mol. The topological polar surface area (TPSA) is 20.2 Å². The second kappa shape index (κ2) is 4.68. The van der Waals surface area contributed by atoms with E-state index in [2.05, 4.69) is 0 Å². The Morgan fingerprint density at radius 1 is 1.06 bits per heavy atom. The average Bonchev–Trinajstić information content (AvgIpc) is 2.69. The van der Waals surface area contributed by atoms with Gasteiger partial charge < -0.3 is 5.11 Å². The predicted molar refractivity (Wildman–Crippen MR) is 59.7 cm³/mol. The highest BCUT2D eigenvalue weighted by molar-refractivity contribution is 7.16. The summed E-state index contributed by atoms with van der Waals surface area (Å²) in [6, 6.07) is 4.08. The predicted octanol–water partition coefficient (Wildman–Crippen LogP) is 3.90. The highest BCUT2D eigenvalue weighted by Crippen LogP contribution is 2.32. The summed E-state index contributed by atoms with van der Waals surface area (Å²) in [5, 5.41) is 9.82. The van der Waals surface area contributed by atoms with E-state index in [0.29, 0.717) is 21.3 Å². The number of hydrogen-bond acceptors (Lipinski definition) is 2. The fourth-order valence-electron chi connectivity index (χ4n) is 1.38. The van der Waals surface area contributed by atoms with Crippen LogP contribution in [-0.4, -0.2) is 5.11 Å². The molecule has 0 aliphatic carbocycles. The van der Waals surface area contributed by atoms with E-state index in [4.69, 9.17) is 11.6 Å². The number of benzene rings is 1. The monoisotopic (exact) mass is 278 g/mol. The van der Waals surface area contributed by atoms with Gasteiger partial charge in [0.1, 0.15) is 11.9 Å². The van der Waals surface area contributed by atoms with Gasteiger partial charge in [0, 0.05) is 16.5 Å². The summed E-state index contributed by atoms with van der Waals surface area (Å²) in [4.78, 5) is 0.361. The minimum atomic E-state index is -1.36. The summed E-state index contributed by atoms with van der Waals surface area (Å²) in [6.45, 7) is 0. The van der Waals surface area contributed by atoms with E-state index in [1.807, 2.05) is 0 Å². The maximum Gasteiger partial charge on any atom is 0.161 e. The van der Waals surface area contributed by atoms with Crippen LogP contribution in [0, 0.1) is 17.5 Å². The van der Waals surface area contributed by atoms with Crippen LogP contribution in [0.2, 0.25) is 4.34 Å². The van der Waals surface area contributed by atoms with Crippen LogP contribution in [0.4, 0.5) is 13.2 Å². The lowest BCUT2D eigenvalue weighted by atomic mass is 10.1. The van der Waals surface area contributed by atoms with Crippen molar-refractivity contribution in [1.82, 2.24) is 0 Å². The van der Waals surface area contributed by atoms with Crippen molar-refractivity contribution in [2.45, 2.75) is 6.10 Å². The van der Waals surface area contributed by atoms with Crippen molar-refractivity contribution in [2.75, 3.05) is 0 Å². The van der Waals surface area contributed by atoms with Gasteiger partial charge in [0.2, 0.25) is 0 Å². The van der Waals surface area contributed by atoms with Gasteiger partial charge in [-0.3, -0.25) is 0 Å². The number of aliphatic hydroxyl groups is 1. The summed E-state index contributed by atoms with van der Waals surface area (Å²) in [5.41, 5.74) is -0.317. The lowest BCUT2D eigenvalue weighted by molar-refractivity contribution is 0.217. The third kappa shape index (κ3) is 2.46. The second-order valence-electron chi connectivity index (χ2n) is 3.33. The van der Waals surface area contributed by atoms with Gasteiger partial charge in [-0.25, -0.2) is 13.2 Å². The van der Waals surface area contributed by atoms with Crippen molar-refractivity contribution in [3.05, 3.63) is 56.5 Å². The molecule has 1 heterocycles. The molecule has 0 spiro atoms. The smallest absolute Gasteiger partial charge is 0.161 e. The first kappa shape index (κ1) is 12.4. The summed E-state index contributed by atoms with van der Waals surface area (Å²) < 4.78 is 39.5. The van der Waals surface area contributed by atoms with Crippen molar-refractivity contribution in [3.63, 3.8) is 0 Å². The van der Waals surface area contributed by atoms with Crippen LogP contribution in [0.5, 0.6) is 0 Å². The molecule has 6 heteroatoms. The fraction of sp³-hybridized carbons (Fsp3) is 0.0909. The largest absolute Gasteiger partial charge is 0.383 e. The first-order valence-corrected chi connectivity index (χ1v) is 5.76. The molecular weight excluding hydrogens is 273 g/mol. The van der Waals surface area contributed by atoms with Crippen molar-refractivity contribution < 1.29 is 18.3 Å². The van der Waals surface area contributed by atoms with Crippen molar-refractivity contribution in [1.29, 1.82) is 0 Å². The Bertz CT molecular complexity index is 556. The molecular formula is C11H6ClF3OS. The molecule has 0 aliphatic rings. The zero-order valence-electron chi connectivity index (χ0n) is 8.25. The van der Waals surface area contributed by atoms with E-state index in [1.165, 1.54) is 12.1 Å². The quantitative estimate of drug-likeness (QED) is 0.826. The van der Waals surface area contributed by atoms with Gasteiger partial charge in [0.05, 0.1) is 4.34 Å².